The maximum absolute atomic E-state index is 12.0. The third kappa shape index (κ3) is 6.61. The summed E-state index contributed by atoms with van der Waals surface area (Å²) in [5, 5.41) is 2.81. The second kappa shape index (κ2) is 9.50. The number of quaternary nitrogens is 1. The van der Waals surface area contributed by atoms with Crippen molar-refractivity contribution in [1.82, 2.24) is 5.32 Å². The number of hydrogen-bond acceptors (Lipinski definition) is 3. The highest BCUT2D eigenvalue weighted by molar-refractivity contribution is 9.10. The first-order valence-corrected chi connectivity index (χ1v) is 9.30. The summed E-state index contributed by atoms with van der Waals surface area (Å²) in [6, 6.07) is 15.5. The van der Waals surface area contributed by atoms with Crippen LogP contribution in [-0.2, 0) is 9.59 Å². The maximum atomic E-state index is 12.0. The van der Waals surface area contributed by atoms with Crippen LogP contribution in [0.2, 0.25) is 0 Å². The van der Waals surface area contributed by atoms with Crippen molar-refractivity contribution < 1.29 is 19.2 Å². The fourth-order valence-electron chi connectivity index (χ4n) is 2.48. The van der Waals surface area contributed by atoms with Gasteiger partial charge in [0.1, 0.15) is 5.75 Å². The molecular formula is C20H24BrN2O3+. The molecule has 2 rings (SSSR count). The number of rotatable bonds is 7. The van der Waals surface area contributed by atoms with E-state index in [2.05, 4.69) is 21.2 Å². The fraction of sp³-hybridized carbons (Fsp3) is 0.300. The summed E-state index contributed by atoms with van der Waals surface area (Å²) in [5.41, 5.74) is 2.14. The number of benzene rings is 2. The Morgan fingerprint density at radius 1 is 1.00 bits per heavy atom. The van der Waals surface area contributed by atoms with E-state index in [1.807, 2.05) is 50.2 Å². The second-order valence-corrected chi connectivity index (χ2v) is 7.45. The van der Waals surface area contributed by atoms with Crippen molar-refractivity contribution in [2.45, 2.75) is 19.9 Å². The summed E-state index contributed by atoms with van der Waals surface area (Å²) in [6.07, 6.45) is 0. The molecule has 2 N–H and O–H groups in total. The van der Waals surface area contributed by atoms with Gasteiger partial charge in [0.25, 0.3) is 5.91 Å². The monoisotopic (exact) mass is 419 g/mol. The van der Waals surface area contributed by atoms with Gasteiger partial charge in [0.05, 0.1) is 7.05 Å². The van der Waals surface area contributed by atoms with Gasteiger partial charge < -0.3 is 15.0 Å². The number of carbonyl (C=O) groups is 2. The Morgan fingerprint density at radius 2 is 1.54 bits per heavy atom. The molecule has 138 valence electrons. The first kappa shape index (κ1) is 20.1. The Bertz CT molecular complexity index is 743. The zero-order chi connectivity index (χ0) is 19.1. The maximum Gasteiger partial charge on any atom is 0.367 e. The Kier molecular flexibility index (Phi) is 7.36. The van der Waals surface area contributed by atoms with Crippen LogP contribution in [0.3, 0.4) is 0 Å². The van der Waals surface area contributed by atoms with Crippen molar-refractivity contribution >= 4 is 27.8 Å². The predicted molar refractivity (Wildman–Crippen MR) is 105 cm³/mol. The number of hydrogen-bond donors (Lipinski definition) is 2. The third-order valence-electron chi connectivity index (χ3n) is 3.62. The van der Waals surface area contributed by atoms with Crippen molar-refractivity contribution in [3.05, 3.63) is 53.0 Å². The van der Waals surface area contributed by atoms with Crippen molar-refractivity contribution in [3.8, 4) is 16.9 Å². The normalized spacial score (nSPS) is 11.9. The summed E-state index contributed by atoms with van der Waals surface area (Å²) in [6.45, 7) is 4.16. The van der Waals surface area contributed by atoms with Gasteiger partial charge >= 0.3 is 5.97 Å². The fourth-order valence-corrected chi connectivity index (χ4v) is 2.75. The molecule has 0 radical (unpaired) electrons. The topological polar surface area (TPSA) is 59.8 Å². The molecule has 0 aliphatic heterocycles. The standard InChI is InChI=1S/C20H23BrN2O3/c1-14(2)22-19(24)12-23(3)13-20(25)26-18-10-6-16(7-11-18)15-4-8-17(21)9-5-15/h4-11,14H,12-13H2,1-3H3,(H,22,24)/p+1. The van der Waals surface area contributed by atoms with Crippen molar-refractivity contribution in [2.75, 3.05) is 20.1 Å². The number of likely N-dealkylation sites (N-methyl/N-ethyl adjacent to an activating group) is 1. The molecular weight excluding hydrogens is 396 g/mol. The molecule has 0 aliphatic rings. The van der Waals surface area contributed by atoms with E-state index >= 15 is 0 Å². The van der Waals surface area contributed by atoms with Gasteiger partial charge in [-0.3, -0.25) is 4.79 Å². The van der Waals surface area contributed by atoms with Gasteiger partial charge in [0.2, 0.25) is 0 Å². The highest BCUT2D eigenvalue weighted by Gasteiger charge is 2.16. The van der Waals surface area contributed by atoms with Crippen molar-refractivity contribution in [3.63, 3.8) is 0 Å². The average Bonchev–Trinajstić information content (AvgIpc) is 2.55. The summed E-state index contributed by atoms with van der Waals surface area (Å²) in [7, 11) is 1.79. The molecule has 6 heteroatoms. The van der Waals surface area contributed by atoms with E-state index in [0.717, 1.165) is 20.5 Å². The van der Waals surface area contributed by atoms with Gasteiger partial charge in [-0.05, 0) is 49.2 Å². The molecule has 0 spiro atoms. The Balaban J connectivity index is 1.87. The van der Waals surface area contributed by atoms with E-state index in [-0.39, 0.29) is 31.0 Å². The number of nitrogens with one attached hydrogen (secondary N) is 2. The van der Waals surface area contributed by atoms with Gasteiger partial charge in [-0.2, -0.15) is 0 Å². The predicted octanol–water partition coefficient (Wildman–Crippen LogP) is 2.06. The molecule has 0 saturated heterocycles. The van der Waals surface area contributed by atoms with Crippen LogP contribution in [0.5, 0.6) is 5.75 Å². The van der Waals surface area contributed by atoms with Crippen LogP contribution in [0.25, 0.3) is 11.1 Å². The minimum Gasteiger partial charge on any atom is -0.422 e. The van der Waals surface area contributed by atoms with Crippen LogP contribution in [-0.4, -0.2) is 38.1 Å². The molecule has 0 aliphatic carbocycles. The first-order chi connectivity index (χ1) is 12.3. The lowest BCUT2D eigenvalue weighted by molar-refractivity contribution is -0.863. The number of esters is 1. The summed E-state index contributed by atoms with van der Waals surface area (Å²) < 4.78 is 6.39. The SMILES string of the molecule is CC(C)NC(=O)C[NH+](C)CC(=O)Oc1ccc(-c2ccc(Br)cc2)cc1. The zero-order valence-corrected chi connectivity index (χ0v) is 16.8. The quantitative estimate of drug-likeness (QED) is 0.533. The van der Waals surface area contributed by atoms with Crippen LogP contribution in [0.15, 0.2) is 53.0 Å². The van der Waals surface area contributed by atoms with Crippen molar-refractivity contribution in [1.29, 1.82) is 0 Å². The molecule has 1 unspecified atom stereocenters. The number of halogens is 1. The van der Waals surface area contributed by atoms with Crippen LogP contribution in [0.1, 0.15) is 13.8 Å². The Hall–Kier alpha value is -2.18. The highest BCUT2D eigenvalue weighted by atomic mass is 79.9. The van der Waals surface area contributed by atoms with E-state index in [1.54, 1.807) is 19.2 Å². The minimum atomic E-state index is -0.365. The van der Waals surface area contributed by atoms with E-state index in [4.69, 9.17) is 4.74 Å². The largest absolute Gasteiger partial charge is 0.422 e. The molecule has 0 bridgehead atoms. The molecule has 26 heavy (non-hydrogen) atoms. The van der Waals surface area contributed by atoms with E-state index in [0.29, 0.717) is 5.75 Å². The zero-order valence-electron chi connectivity index (χ0n) is 15.2. The molecule has 2 aromatic rings. The Labute approximate surface area is 162 Å². The molecule has 0 heterocycles. The van der Waals surface area contributed by atoms with Gasteiger partial charge in [0.15, 0.2) is 13.1 Å². The number of ether oxygens (including phenoxy) is 1. The lowest BCUT2D eigenvalue weighted by Crippen LogP contribution is -3.11. The van der Waals surface area contributed by atoms with E-state index in [9.17, 15) is 9.59 Å². The first-order valence-electron chi connectivity index (χ1n) is 8.51. The Morgan fingerprint density at radius 3 is 2.08 bits per heavy atom. The lowest BCUT2D eigenvalue weighted by atomic mass is 10.1. The highest BCUT2D eigenvalue weighted by Crippen LogP contribution is 2.24. The van der Waals surface area contributed by atoms with E-state index in [1.165, 1.54) is 0 Å². The van der Waals surface area contributed by atoms with Gasteiger partial charge in [-0.1, -0.05) is 40.2 Å². The molecule has 5 nitrogen and oxygen atoms in total. The summed E-state index contributed by atoms with van der Waals surface area (Å²) in [5.74, 6) is 0.0516. The molecule has 0 fully saturated rings. The molecule has 2 aromatic carbocycles. The van der Waals surface area contributed by atoms with Crippen LogP contribution < -0.4 is 15.0 Å². The third-order valence-corrected chi connectivity index (χ3v) is 4.15. The second-order valence-electron chi connectivity index (χ2n) is 6.54. The molecule has 0 saturated carbocycles. The smallest absolute Gasteiger partial charge is 0.367 e. The molecule has 0 aromatic heterocycles. The van der Waals surface area contributed by atoms with Gasteiger partial charge in [-0.15, -0.1) is 0 Å². The average molecular weight is 420 g/mol. The minimum absolute atomic E-state index is 0.0795. The molecule has 1 amide bonds. The van der Waals surface area contributed by atoms with E-state index < -0.39 is 0 Å². The van der Waals surface area contributed by atoms with Crippen LogP contribution >= 0.6 is 15.9 Å². The lowest BCUT2D eigenvalue weighted by Gasteiger charge is -2.14. The number of amides is 1. The van der Waals surface area contributed by atoms with Gasteiger partial charge in [0, 0.05) is 10.5 Å². The van der Waals surface area contributed by atoms with Crippen molar-refractivity contribution in [2.24, 2.45) is 0 Å². The molecule has 1 atom stereocenters. The summed E-state index contributed by atoms with van der Waals surface area (Å²) in [4.78, 5) is 24.5. The number of carbonyl (C=O) groups excluding carboxylic acids is 2. The summed E-state index contributed by atoms with van der Waals surface area (Å²) >= 11 is 3.42. The van der Waals surface area contributed by atoms with Crippen LogP contribution in [0, 0.1) is 0 Å². The van der Waals surface area contributed by atoms with Gasteiger partial charge in [-0.25, -0.2) is 4.79 Å². The van der Waals surface area contributed by atoms with Crippen LogP contribution in [0.4, 0.5) is 0 Å².